The van der Waals surface area contributed by atoms with Crippen LogP contribution >= 0.6 is 11.8 Å². The Labute approximate surface area is 157 Å². The number of ether oxygens (including phenoxy) is 1. The fourth-order valence-electron chi connectivity index (χ4n) is 2.97. The zero-order chi connectivity index (χ0) is 17.8. The number of methoxy groups -OCH3 is 1. The number of nitrogens with zero attached hydrogens (tertiary/aromatic N) is 1. The lowest BCUT2D eigenvalue weighted by atomic mass is 10.0. The van der Waals surface area contributed by atoms with Crippen LogP contribution in [-0.4, -0.2) is 12.1 Å². The highest BCUT2D eigenvalue weighted by atomic mass is 32.2. The van der Waals surface area contributed by atoms with Gasteiger partial charge in [0.25, 0.3) is 0 Å². The lowest BCUT2D eigenvalue weighted by Crippen LogP contribution is -1.91. The predicted octanol–water partition coefficient (Wildman–Crippen LogP) is 6.20. The predicted molar refractivity (Wildman–Crippen MR) is 110 cm³/mol. The standard InChI is InChI=1S/C23H19NOS/c1-25-19-12-13-20-21(18-10-6-3-7-11-18)15-23(24-22(20)14-19)26-16-17-8-4-2-5-9-17/h2-15H,16H2,1H3. The first-order valence-corrected chi connectivity index (χ1v) is 9.53. The van der Waals surface area contributed by atoms with Crippen LogP contribution in [0.4, 0.5) is 0 Å². The molecule has 0 aliphatic carbocycles. The molecule has 4 aromatic rings. The van der Waals surface area contributed by atoms with E-state index in [-0.39, 0.29) is 0 Å². The number of aromatic nitrogens is 1. The van der Waals surface area contributed by atoms with Crippen LogP contribution in [0.15, 0.2) is 90.0 Å². The molecule has 3 aromatic carbocycles. The number of pyridine rings is 1. The minimum Gasteiger partial charge on any atom is -0.497 e. The maximum atomic E-state index is 5.39. The van der Waals surface area contributed by atoms with E-state index in [1.165, 1.54) is 16.7 Å². The third-order valence-electron chi connectivity index (χ3n) is 4.31. The smallest absolute Gasteiger partial charge is 0.121 e. The molecule has 3 heteroatoms. The Hall–Kier alpha value is -2.78. The van der Waals surface area contributed by atoms with Gasteiger partial charge in [-0.2, -0.15) is 0 Å². The summed E-state index contributed by atoms with van der Waals surface area (Å²) in [6.45, 7) is 0. The van der Waals surface area contributed by atoms with E-state index in [1.807, 2.05) is 24.3 Å². The first kappa shape index (κ1) is 16.7. The van der Waals surface area contributed by atoms with E-state index < -0.39 is 0 Å². The molecule has 1 aromatic heterocycles. The lowest BCUT2D eigenvalue weighted by Gasteiger charge is -2.11. The van der Waals surface area contributed by atoms with Gasteiger partial charge in [-0.3, -0.25) is 0 Å². The van der Waals surface area contributed by atoms with Crippen LogP contribution in [0, 0.1) is 0 Å². The largest absolute Gasteiger partial charge is 0.497 e. The zero-order valence-electron chi connectivity index (χ0n) is 14.6. The first-order chi connectivity index (χ1) is 12.8. The van der Waals surface area contributed by atoms with Crippen LogP contribution in [0.5, 0.6) is 5.75 Å². The van der Waals surface area contributed by atoms with Gasteiger partial charge in [0.1, 0.15) is 5.75 Å². The highest BCUT2D eigenvalue weighted by Crippen LogP contribution is 2.34. The molecule has 0 saturated heterocycles. The second-order valence-electron chi connectivity index (χ2n) is 6.03. The van der Waals surface area contributed by atoms with E-state index in [2.05, 4.69) is 60.7 Å². The third-order valence-corrected chi connectivity index (χ3v) is 5.29. The van der Waals surface area contributed by atoms with Crippen molar-refractivity contribution in [1.82, 2.24) is 4.98 Å². The summed E-state index contributed by atoms with van der Waals surface area (Å²) in [4.78, 5) is 4.87. The van der Waals surface area contributed by atoms with Crippen LogP contribution < -0.4 is 4.74 Å². The van der Waals surface area contributed by atoms with Gasteiger partial charge < -0.3 is 4.74 Å². The quantitative estimate of drug-likeness (QED) is 0.397. The SMILES string of the molecule is COc1ccc2c(-c3ccccc3)cc(SCc3ccccc3)nc2c1. The fourth-order valence-corrected chi connectivity index (χ4v) is 3.84. The maximum absolute atomic E-state index is 5.39. The number of rotatable bonds is 5. The molecule has 0 amide bonds. The van der Waals surface area contributed by atoms with Crippen molar-refractivity contribution in [2.75, 3.05) is 7.11 Å². The average molecular weight is 357 g/mol. The molecular formula is C23H19NOS. The maximum Gasteiger partial charge on any atom is 0.121 e. The molecule has 2 nitrogen and oxygen atoms in total. The van der Waals surface area contributed by atoms with Crippen molar-refractivity contribution in [1.29, 1.82) is 0 Å². The molecule has 0 aliphatic rings. The van der Waals surface area contributed by atoms with Crippen molar-refractivity contribution < 1.29 is 4.74 Å². The van der Waals surface area contributed by atoms with Gasteiger partial charge in [-0.25, -0.2) is 4.98 Å². The Kier molecular flexibility index (Phi) is 4.89. The van der Waals surface area contributed by atoms with Crippen LogP contribution in [0.1, 0.15) is 5.56 Å². The topological polar surface area (TPSA) is 22.1 Å². The van der Waals surface area contributed by atoms with Crippen molar-refractivity contribution in [3.8, 4) is 16.9 Å². The van der Waals surface area contributed by atoms with E-state index in [0.29, 0.717) is 0 Å². The van der Waals surface area contributed by atoms with Gasteiger partial charge in [-0.1, -0.05) is 60.7 Å². The van der Waals surface area contributed by atoms with Gasteiger partial charge in [-0.15, -0.1) is 11.8 Å². The molecule has 0 unspecified atom stereocenters. The van der Waals surface area contributed by atoms with E-state index in [9.17, 15) is 0 Å². The van der Waals surface area contributed by atoms with Gasteiger partial charge in [-0.05, 0) is 34.9 Å². The second-order valence-corrected chi connectivity index (χ2v) is 7.03. The number of hydrogen-bond acceptors (Lipinski definition) is 3. The van der Waals surface area contributed by atoms with Gasteiger partial charge in [0.15, 0.2) is 0 Å². The molecule has 128 valence electrons. The summed E-state index contributed by atoms with van der Waals surface area (Å²) in [6, 6.07) is 29.2. The van der Waals surface area contributed by atoms with E-state index in [4.69, 9.17) is 9.72 Å². The summed E-state index contributed by atoms with van der Waals surface area (Å²) in [5.74, 6) is 1.73. The molecule has 0 radical (unpaired) electrons. The first-order valence-electron chi connectivity index (χ1n) is 8.54. The second kappa shape index (κ2) is 7.63. The molecule has 26 heavy (non-hydrogen) atoms. The van der Waals surface area contributed by atoms with Crippen LogP contribution in [-0.2, 0) is 5.75 Å². The molecule has 0 fully saturated rings. The van der Waals surface area contributed by atoms with Crippen LogP contribution in [0.3, 0.4) is 0 Å². The molecule has 0 N–H and O–H groups in total. The number of hydrogen-bond donors (Lipinski definition) is 0. The van der Waals surface area contributed by atoms with Gasteiger partial charge in [0, 0.05) is 17.2 Å². The van der Waals surface area contributed by atoms with E-state index in [1.54, 1.807) is 18.9 Å². The Morgan fingerprint density at radius 3 is 2.31 bits per heavy atom. The monoisotopic (exact) mass is 357 g/mol. The van der Waals surface area contributed by atoms with Gasteiger partial charge in [0.2, 0.25) is 0 Å². The number of fused-ring (bicyclic) bond motifs is 1. The van der Waals surface area contributed by atoms with E-state index >= 15 is 0 Å². The van der Waals surface area contributed by atoms with Crippen molar-refractivity contribution in [2.45, 2.75) is 10.8 Å². The van der Waals surface area contributed by atoms with Crippen molar-refractivity contribution >= 4 is 22.7 Å². The minimum atomic E-state index is 0.828. The molecule has 0 spiro atoms. The average Bonchev–Trinajstić information content (AvgIpc) is 2.72. The van der Waals surface area contributed by atoms with Crippen molar-refractivity contribution in [3.63, 3.8) is 0 Å². The molecule has 0 saturated carbocycles. The number of thioether (sulfide) groups is 1. The van der Waals surface area contributed by atoms with Crippen molar-refractivity contribution in [2.24, 2.45) is 0 Å². The zero-order valence-corrected chi connectivity index (χ0v) is 15.4. The molecule has 0 atom stereocenters. The third kappa shape index (κ3) is 3.58. The van der Waals surface area contributed by atoms with E-state index in [0.717, 1.165) is 27.4 Å². The Bertz CT molecular complexity index is 1020. The molecule has 4 rings (SSSR count). The molecule has 1 heterocycles. The lowest BCUT2D eigenvalue weighted by molar-refractivity contribution is 0.415. The minimum absolute atomic E-state index is 0.828. The van der Waals surface area contributed by atoms with Gasteiger partial charge >= 0.3 is 0 Å². The normalized spacial score (nSPS) is 10.8. The molecule has 0 aliphatic heterocycles. The fraction of sp³-hybridized carbons (Fsp3) is 0.0870. The van der Waals surface area contributed by atoms with Crippen molar-refractivity contribution in [3.05, 3.63) is 90.5 Å². The molecule has 0 bridgehead atoms. The Morgan fingerprint density at radius 1 is 0.846 bits per heavy atom. The summed E-state index contributed by atoms with van der Waals surface area (Å²) < 4.78 is 5.39. The van der Waals surface area contributed by atoms with Gasteiger partial charge in [0.05, 0.1) is 17.7 Å². The summed E-state index contributed by atoms with van der Waals surface area (Å²) in [5.41, 5.74) is 4.66. The number of benzene rings is 3. The molecular weight excluding hydrogens is 338 g/mol. The summed E-state index contributed by atoms with van der Waals surface area (Å²) >= 11 is 1.76. The highest BCUT2D eigenvalue weighted by molar-refractivity contribution is 7.98. The van der Waals surface area contributed by atoms with Crippen LogP contribution in [0.2, 0.25) is 0 Å². The highest BCUT2D eigenvalue weighted by Gasteiger charge is 2.10. The summed E-state index contributed by atoms with van der Waals surface area (Å²) in [6.07, 6.45) is 0. The van der Waals surface area contributed by atoms with Crippen LogP contribution in [0.25, 0.3) is 22.0 Å². The summed E-state index contributed by atoms with van der Waals surface area (Å²) in [7, 11) is 1.69. The summed E-state index contributed by atoms with van der Waals surface area (Å²) in [5, 5.41) is 2.16. The Balaban J connectivity index is 1.77. The Morgan fingerprint density at radius 2 is 1.58 bits per heavy atom.